The second-order valence-electron chi connectivity index (χ2n) is 6.80. The van der Waals surface area contributed by atoms with E-state index in [1.807, 2.05) is 13.0 Å². The van der Waals surface area contributed by atoms with Gasteiger partial charge in [-0.15, -0.1) is 0 Å². The van der Waals surface area contributed by atoms with Gasteiger partial charge < -0.3 is 9.42 Å². The van der Waals surface area contributed by atoms with Gasteiger partial charge in [-0.05, 0) is 25.7 Å². The lowest BCUT2D eigenvalue weighted by Gasteiger charge is -2.35. The van der Waals surface area contributed by atoms with E-state index in [2.05, 4.69) is 15.0 Å². The second kappa shape index (κ2) is 7.27. The number of rotatable bonds is 4. The number of nitrogens with zero attached hydrogens (tertiary/aromatic N) is 3. The number of hydrogen-bond acceptors (Lipinski definition) is 4. The maximum Gasteiger partial charge on any atom is 0.222 e. The van der Waals surface area contributed by atoms with Crippen molar-refractivity contribution in [3.8, 4) is 0 Å². The van der Waals surface area contributed by atoms with E-state index in [4.69, 9.17) is 4.52 Å². The lowest BCUT2D eigenvalue weighted by Crippen LogP contribution is -2.48. The van der Waals surface area contributed by atoms with Gasteiger partial charge >= 0.3 is 0 Å². The van der Waals surface area contributed by atoms with Crippen molar-refractivity contribution in [2.75, 3.05) is 26.2 Å². The fraction of sp³-hybridized carbons (Fsp3) is 0.765. The molecule has 1 saturated carbocycles. The summed E-state index contributed by atoms with van der Waals surface area (Å²) in [5.74, 6) is 1.91. The summed E-state index contributed by atoms with van der Waals surface area (Å²) in [6, 6.07) is 1.99. The molecule has 1 aromatic heterocycles. The van der Waals surface area contributed by atoms with Crippen LogP contribution in [-0.2, 0) is 11.3 Å². The topological polar surface area (TPSA) is 49.6 Å². The highest BCUT2D eigenvalue weighted by molar-refractivity contribution is 5.76. The number of amides is 1. The van der Waals surface area contributed by atoms with Crippen molar-refractivity contribution in [1.82, 2.24) is 15.0 Å². The van der Waals surface area contributed by atoms with Crippen molar-refractivity contribution in [1.29, 1.82) is 0 Å². The minimum atomic E-state index is 0.363. The molecule has 2 heterocycles. The largest absolute Gasteiger partial charge is 0.360 e. The molecular formula is C17H27N3O2. The van der Waals surface area contributed by atoms with Crippen molar-refractivity contribution in [3.63, 3.8) is 0 Å². The Bertz CT molecular complexity index is 486. The van der Waals surface area contributed by atoms with E-state index in [0.29, 0.717) is 11.8 Å². The summed E-state index contributed by atoms with van der Waals surface area (Å²) < 4.78 is 5.27. The van der Waals surface area contributed by atoms with E-state index in [-0.39, 0.29) is 0 Å². The van der Waals surface area contributed by atoms with Gasteiger partial charge in [0.2, 0.25) is 5.91 Å². The first-order valence-electron chi connectivity index (χ1n) is 8.63. The average Bonchev–Trinajstić information content (AvgIpc) is 2.94. The standard InChI is InChI=1S/C17H27N3O2/c1-14-11-16(22-18-14)13-19-7-9-20(10-8-19)17(21)12-15-5-3-2-4-6-15/h11,15H,2-10,12-13H2,1H3. The van der Waals surface area contributed by atoms with Gasteiger partial charge in [0.15, 0.2) is 5.76 Å². The van der Waals surface area contributed by atoms with Gasteiger partial charge in [0, 0.05) is 38.7 Å². The summed E-state index contributed by atoms with van der Waals surface area (Å²) >= 11 is 0. The molecule has 5 heteroatoms. The van der Waals surface area contributed by atoms with E-state index in [1.54, 1.807) is 0 Å². The Balaban J connectivity index is 1.41. The predicted molar refractivity (Wildman–Crippen MR) is 84.3 cm³/mol. The quantitative estimate of drug-likeness (QED) is 0.858. The first kappa shape index (κ1) is 15.5. The summed E-state index contributed by atoms with van der Waals surface area (Å²) in [6.07, 6.45) is 7.23. The van der Waals surface area contributed by atoms with Crippen molar-refractivity contribution in [2.24, 2.45) is 5.92 Å². The first-order chi connectivity index (χ1) is 10.7. The molecule has 0 spiro atoms. The summed E-state index contributed by atoms with van der Waals surface area (Å²) in [5, 5.41) is 3.92. The number of aryl methyl sites for hydroxylation is 1. The number of carbonyl (C=O) groups excluding carboxylic acids is 1. The molecule has 2 aliphatic rings. The zero-order chi connectivity index (χ0) is 15.4. The van der Waals surface area contributed by atoms with Crippen LogP contribution in [-0.4, -0.2) is 47.0 Å². The van der Waals surface area contributed by atoms with Gasteiger partial charge in [-0.2, -0.15) is 0 Å². The molecule has 22 heavy (non-hydrogen) atoms. The highest BCUT2D eigenvalue weighted by Gasteiger charge is 2.24. The third-order valence-corrected chi connectivity index (χ3v) is 4.97. The molecule has 122 valence electrons. The molecule has 1 amide bonds. The molecule has 3 rings (SSSR count). The molecule has 1 aromatic rings. The maximum absolute atomic E-state index is 12.4. The molecule has 0 atom stereocenters. The van der Waals surface area contributed by atoms with Crippen LogP contribution in [0, 0.1) is 12.8 Å². The predicted octanol–water partition coefficient (Wildman–Crippen LogP) is 2.60. The van der Waals surface area contributed by atoms with Crippen molar-refractivity contribution < 1.29 is 9.32 Å². The van der Waals surface area contributed by atoms with E-state index in [0.717, 1.165) is 50.6 Å². The van der Waals surface area contributed by atoms with Crippen molar-refractivity contribution >= 4 is 5.91 Å². The average molecular weight is 305 g/mol. The molecule has 2 fully saturated rings. The van der Waals surface area contributed by atoms with Gasteiger partial charge in [-0.1, -0.05) is 24.4 Å². The minimum absolute atomic E-state index is 0.363. The monoisotopic (exact) mass is 305 g/mol. The second-order valence-corrected chi connectivity index (χ2v) is 6.80. The molecule has 0 aromatic carbocycles. The summed E-state index contributed by atoms with van der Waals surface area (Å²) in [4.78, 5) is 16.8. The van der Waals surface area contributed by atoms with E-state index >= 15 is 0 Å². The van der Waals surface area contributed by atoms with E-state index in [1.165, 1.54) is 32.1 Å². The normalized spacial score (nSPS) is 21.2. The number of piperazine rings is 1. The lowest BCUT2D eigenvalue weighted by atomic mass is 9.86. The minimum Gasteiger partial charge on any atom is -0.360 e. The number of hydrogen-bond donors (Lipinski definition) is 0. The fourth-order valence-electron chi connectivity index (χ4n) is 3.63. The van der Waals surface area contributed by atoms with Crippen LogP contribution in [0.2, 0.25) is 0 Å². The summed E-state index contributed by atoms with van der Waals surface area (Å²) in [5.41, 5.74) is 0.927. The van der Waals surface area contributed by atoms with Crippen LogP contribution in [0.15, 0.2) is 10.6 Å². The molecule has 1 aliphatic heterocycles. The van der Waals surface area contributed by atoms with Crippen LogP contribution in [0.4, 0.5) is 0 Å². The van der Waals surface area contributed by atoms with Crippen LogP contribution >= 0.6 is 0 Å². The van der Waals surface area contributed by atoms with Crippen LogP contribution < -0.4 is 0 Å². The van der Waals surface area contributed by atoms with E-state index < -0.39 is 0 Å². The Morgan fingerprint density at radius 3 is 2.59 bits per heavy atom. The maximum atomic E-state index is 12.4. The van der Waals surface area contributed by atoms with E-state index in [9.17, 15) is 4.79 Å². The third kappa shape index (κ3) is 4.09. The van der Waals surface area contributed by atoms with Crippen molar-refractivity contribution in [2.45, 2.75) is 52.0 Å². The SMILES string of the molecule is Cc1cc(CN2CCN(C(=O)CC3CCCCC3)CC2)on1. The van der Waals surface area contributed by atoms with Gasteiger partial charge in [0.05, 0.1) is 12.2 Å². The van der Waals surface area contributed by atoms with Crippen LogP contribution in [0.3, 0.4) is 0 Å². The Morgan fingerprint density at radius 1 is 1.23 bits per heavy atom. The number of aromatic nitrogens is 1. The van der Waals surface area contributed by atoms with Crippen LogP contribution in [0.25, 0.3) is 0 Å². The van der Waals surface area contributed by atoms with Gasteiger partial charge in [0.1, 0.15) is 0 Å². The molecule has 1 saturated heterocycles. The zero-order valence-electron chi connectivity index (χ0n) is 13.6. The molecule has 5 nitrogen and oxygen atoms in total. The zero-order valence-corrected chi connectivity index (χ0v) is 13.6. The summed E-state index contributed by atoms with van der Waals surface area (Å²) in [7, 11) is 0. The Labute approximate surface area is 132 Å². The molecule has 0 N–H and O–H groups in total. The highest BCUT2D eigenvalue weighted by Crippen LogP contribution is 2.27. The number of carbonyl (C=O) groups is 1. The molecule has 0 unspecified atom stereocenters. The Morgan fingerprint density at radius 2 is 1.95 bits per heavy atom. The highest BCUT2D eigenvalue weighted by atomic mass is 16.5. The van der Waals surface area contributed by atoms with Crippen molar-refractivity contribution in [3.05, 3.63) is 17.5 Å². The lowest BCUT2D eigenvalue weighted by molar-refractivity contribution is -0.134. The smallest absolute Gasteiger partial charge is 0.222 e. The Hall–Kier alpha value is -1.36. The molecule has 0 bridgehead atoms. The van der Waals surface area contributed by atoms with Gasteiger partial charge in [-0.25, -0.2) is 0 Å². The van der Waals surface area contributed by atoms with Crippen LogP contribution in [0.5, 0.6) is 0 Å². The molecular weight excluding hydrogens is 278 g/mol. The summed E-state index contributed by atoms with van der Waals surface area (Å²) in [6.45, 7) is 6.28. The first-order valence-corrected chi connectivity index (χ1v) is 8.63. The van der Waals surface area contributed by atoms with Crippen LogP contribution in [0.1, 0.15) is 50.0 Å². The third-order valence-electron chi connectivity index (χ3n) is 4.97. The van der Waals surface area contributed by atoms with Gasteiger partial charge in [0.25, 0.3) is 0 Å². The molecule has 1 aliphatic carbocycles. The fourth-order valence-corrected chi connectivity index (χ4v) is 3.63. The Kier molecular flexibility index (Phi) is 5.13. The molecule has 0 radical (unpaired) electrons. The van der Waals surface area contributed by atoms with Gasteiger partial charge in [-0.3, -0.25) is 9.69 Å².